The molecule has 5 heteroatoms. The third kappa shape index (κ3) is 6.52. The topological polar surface area (TPSA) is 40.1 Å². The van der Waals surface area contributed by atoms with Crippen LogP contribution >= 0.6 is 0 Å². The number of aryl methyl sites for hydroxylation is 1. The molecule has 1 aromatic carbocycles. The first-order valence-electron chi connectivity index (χ1n) is 9.96. The zero-order valence-corrected chi connectivity index (χ0v) is 17.0. The third-order valence-electron chi connectivity index (χ3n) is 5.34. The molecule has 0 atom stereocenters. The van der Waals surface area contributed by atoms with Gasteiger partial charge in [0.05, 0.1) is 6.54 Å². The number of nitrogens with zero attached hydrogens (tertiary/aromatic N) is 3. The molecule has 1 aliphatic rings. The summed E-state index contributed by atoms with van der Waals surface area (Å²) >= 11 is 0. The number of ether oxygens (including phenoxy) is 1. The Morgan fingerprint density at radius 2 is 2.04 bits per heavy atom. The second kappa shape index (κ2) is 11.1. The van der Waals surface area contributed by atoms with E-state index in [9.17, 15) is 0 Å². The number of benzene rings is 1. The smallest absolute Gasteiger partial charge is 0.193 e. The molecule has 0 amide bonds. The fraction of sp³-hybridized carbons (Fsp3) is 0.667. The molecule has 1 saturated heterocycles. The molecular weight excluding hydrogens is 324 g/mol. The lowest BCUT2D eigenvalue weighted by Crippen LogP contribution is -2.42. The monoisotopic (exact) mass is 360 g/mol. The Morgan fingerprint density at radius 1 is 1.31 bits per heavy atom. The fourth-order valence-corrected chi connectivity index (χ4v) is 3.48. The first kappa shape index (κ1) is 20.6. The molecule has 0 bridgehead atoms. The molecule has 1 fully saturated rings. The van der Waals surface area contributed by atoms with Crippen LogP contribution < -0.4 is 10.1 Å². The van der Waals surface area contributed by atoms with Crippen LogP contribution in [0, 0.1) is 12.8 Å². The predicted molar refractivity (Wildman–Crippen MR) is 110 cm³/mol. The lowest BCUT2D eigenvalue weighted by Gasteiger charge is -2.31. The van der Waals surface area contributed by atoms with Gasteiger partial charge in [-0.3, -0.25) is 4.99 Å². The maximum absolute atomic E-state index is 5.89. The quantitative estimate of drug-likeness (QED) is 0.571. The van der Waals surface area contributed by atoms with E-state index < -0.39 is 0 Å². The van der Waals surface area contributed by atoms with E-state index in [2.05, 4.69) is 47.1 Å². The van der Waals surface area contributed by atoms with Gasteiger partial charge in [0.2, 0.25) is 0 Å². The van der Waals surface area contributed by atoms with Crippen LogP contribution in [-0.2, 0) is 0 Å². The van der Waals surface area contributed by atoms with E-state index in [1.165, 1.54) is 44.5 Å². The molecule has 0 saturated carbocycles. The minimum Gasteiger partial charge on any atom is -0.491 e. The second-order valence-electron chi connectivity index (χ2n) is 7.18. The van der Waals surface area contributed by atoms with Gasteiger partial charge in [-0.1, -0.05) is 25.1 Å². The highest BCUT2D eigenvalue weighted by molar-refractivity contribution is 5.79. The van der Waals surface area contributed by atoms with Crippen LogP contribution in [-0.4, -0.2) is 69.2 Å². The predicted octanol–water partition coefficient (Wildman–Crippen LogP) is 3.00. The SMILES string of the molecule is CCN1CCC(CCNC(=NC)N(C)CCOc2ccccc2C)CC1. The van der Waals surface area contributed by atoms with Crippen LogP contribution in [0.25, 0.3) is 0 Å². The van der Waals surface area contributed by atoms with Crippen molar-refractivity contribution < 1.29 is 4.74 Å². The molecule has 0 aliphatic carbocycles. The lowest BCUT2D eigenvalue weighted by atomic mass is 9.93. The molecule has 0 aromatic heterocycles. The van der Waals surface area contributed by atoms with Gasteiger partial charge < -0.3 is 19.9 Å². The average molecular weight is 361 g/mol. The molecule has 1 heterocycles. The number of para-hydroxylation sites is 1. The Balaban J connectivity index is 1.65. The zero-order chi connectivity index (χ0) is 18.8. The highest BCUT2D eigenvalue weighted by atomic mass is 16.5. The Hall–Kier alpha value is -1.75. The summed E-state index contributed by atoms with van der Waals surface area (Å²) in [6, 6.07) is 8.14. The largest absolute Gasteiger partial charge is 0.491 e. The molecule has 0 radical (unpaired) electrons. The highest BCUT2D eigenvalue weighted by Crippen LogP contribution is 2.19. The maximum atomic E-state index is 5.89. The van der Waals surface area contributed by atoms with Crippen molar-refractivity contribution >= 4 is 5.96 Å². The Morgan fingerprint density at radius 3 is 2.69 bits per heavy atom. The highest BCUT2D eigenvalue weighted by Gasteiger charge is 2.17. The molecule has 2 rings (SSSR count). The lowest BCUT2D eigenvalue weighted by molar-refractivity contribution is 0.187. The van der Waals surface area contributed by atoms with E-state index in [-0.39, 0.29) is 0 Å². The van der Waals surface area contributed by atoms with Gasteiger partial charge >= 0.3 is 0 Å². The Labute approximate surface area is 159 Å². The molecule has 5 nitrogen and oxygen atoms in total. The molecule has 1 aliphatic heterocycles. The molecule has 0 spiro atoms. The number of piperidine rings is 1. The van der Waals surface area contributed by atoms with Crippen LogP contribution in [0.4, 0.5) is 0 Å². The molecule has 1 N–H and O–H groups in total. The Kier molecular flexibility index (Phi) is 8.75. The summed E-state index contributed by atoms with van der Waals surface area (Å²) in [7, 11) is 3.91. The molecular formula is C21H36N4O. The van der Waals surface area contributed by atoms with Crippen molar-refractivity contribution in [3.05, 3.63) is 29.8 Å². The van der Waals surface area contributed by atoms with Gasteiger partial charge in [0.1, 0.15) is 12.4 Å². The van der Waals surface area contributed by atoms with Crippen molar-refractivity contribution in [3.8, 4) is 5.75 Å². The number of likely N-dealkylation sites (tertiary alicyclic amines) is 1. The molecule has 146 valence electrons. The number of nitrogens with one attached hydrogen (secondary N) is 1. The van der Waals surface area contributed by atoms with E-state index in [0.717, 1.165) is 30.7 Å². The summed E-state index contributed by atoms with van der Waals surface area (Å²) in [5.74, 6) is 2.75. The van der Waals surface area contributed by atoms with E-state index in [0.29, 0.717) is 6.61 Å². The van der Waals surface area contributed by atoms with Crippen LogP contribution in [0.15, 0.2) is 29.3 Å². The summed E-state index contributed by atoms with van der Waals surface area (Å²) in [5, 5.41) is 3.51. The van der Waals surface area contributed by atoms with Crippen molar-refractivity contribution in [2.75, 3.05) is 53.4 Å². The van der Waals surface area contributed by atoms with Crippen molar-refractivity contribution in [1.82, 2.24) is 15.1 Å². The molecule has 26 heavy (non-hydrogen) atoms. The maximum Gasteiger partial charge on any atom is 0.193 e. The van der Waals surface area contributed by atoms with E-state index in [4.69, 9.17) is 4.74 Å². The van der Waals surface area contributed by atoms with Gasteiger partial charge in [-0.15, -0.1) is 0 Å². The number of likely N-dealkylation sites (N-methyl/N-ethyl adjacent to an activating group) is 1. The van der Waals surface area contributed by atoms with Crippen LogP contribution in [0.5, 0.6) is 5.75 Å². The number of aliphatic imine (C=N–C) groups is 1. The summed E-state index contributed by atoms with van der Waals surface area (Å²) in [4.78, 5) is 9.09. The van der Waals surface area contributed by atoms with Gasteiger partial charge in [-0.2, -0.15) is 0 Å². The standard InChI is InChI=1S/C21H36N4O/c1-5-25-14-11-19(12-15-25)10-13-23-21(22-3)24(4)16-17-26-20-9-7-6-8-18(20)2/h6-9,19H,5,10-17H2,1-4H3,(H,22,23). The van der Waals surface area contributed by atoms with Crippen molar-refractivity contribution in [2.24, 2.45) is 10.9 Å². The second-order valence-corrected chi connectivity index (χ2v) is 7.18. The Bertz CT molecular complexity index is 553. The van der Waals surface area contributed by atoms with Gasteiger partial charge in [-0.05, 0) is 63.4 Å². The van der Waals surface area contributed by atoms with Gasteiger partial charge in [0.15, 0.2) is 5.96 Å². The molecule has 0 unspecified atom stereocenters. The van der Waals surface area contributed by atoms with E-state index in [1.54, 1.807) is 0 Å². The average Bonchev–Trinajstić information content (AvgIpc) is 2.67. The normalized spacial score (nSPS) is 16.5. The third-order valence-corrected chi connectivity index (χ3v) is 5.34. The summed E-state index contributed by atoms with van der Waals surface area (Å²) in [6.07, 6.45) is 3.88. The minimum absolute atomic E-state index is 0.650. The first-order chi connectivity index (χ1) is 12.6. The van der Waals surface area contributed by atoms with Gasteiger partial charge in [0, 0.05) is 20.6 Å². The van der Waals surface area contributed by atoms with E-state index in [1.807, 2.05) is 25.2 Å². The summed E-state index contributed by atoms with van der Waals surface area (Å²) in [5.41, 5.74) is 1.17. The number of rotatable bonds is 8. The van der Waals surface area contributed by atoms with Crippen molar-refractivity contribution in [3.63, 3.8) is 0 Å². The van der Waals surface area contributed by atoms with E-state index >= 15 is 0 Å². The van der Waals surface area contributed by atoms with Crippen molar-refractivity contribution in [1.29, 1.82) is 0 Å². The number of hydrogen-bond acceptors (Lipinski definition) is 3. The summed E-state index contributed by atoms with van der Waals surface area (Å²) in [6.45, 7) is 10.5. The summed E-state index contributed by atoms with van der Waals surface area (Å²) < 4.78 is 5.89. The number of hydrogen-bond donors (Lipinski definition) is 1. The molecule has 1 aromatic rings. The van der Waals surface area contributed by atoms with Crippen LogP contribution in [0.3, 0.4) is 0 Å². The van der Waals surface area contributed by atoms with Gasteiger partial charge in [0.25, 0.3) is 0 Å². The minimum atomic E-state index is 0.650. The fourth-order valence-electron chi connectivity index (χ4n) is 3.48. The van der Waals surface area contributed by atoms with Crippen LogP contribution in [0.1, 0.15) is 31.7 Å². The first-order valence-corrected chi connectivity index (χ1v) is 9.96. The van der Waals surface area contributed by atoms with Crippen LogP contribution in [0.2, 0.25) is 0 Å². The number of guanidine groups is 1. The van der Waals surface area contributed by atoms with Gasteiger partial charge in [-0.25, -0.2) is 0 Å². The van der Waals surface area contributed by atoms with Crippen molar-refractivity contribution in [2.45, 2.75) is 33.1 Å². The zero-order valence-electron chi connectivity index (χ0n) is 17.0.